The lowest BCUT2D eigenvalue weighted by atomic mass is 10.2. The van der Waals surface area contributed by atoms with Gasteiger partial charge in [-0.2, -0.15) is 0 Å². The number of H-pyrrole nitrogens is 1. The highest BCUT2D eigenvalue weighted by molar-refractivity contribution is 9.11. The van der Waals surface area contributed by atoms with Crippen molar-refractivity contribution in [2.24, 2.45) is 10.2 Å². The SMILES string of the molecule is Cc1[nH]n(CCCC(=O)O)c(=O)c1N=Nc1cccc(/C=C\Br)c1O. The van der Waals surface area contributed by atoms with Crippen molar-refractivity contribution < 1.29 is 15.0 Å². The van der Waals surface area contributed by atoms with Gasteiger partial charge in [0.2, 0.25) is 0 Å². The van der Waals surface area contributed by atoms with Gasteiger partial charge < -0.3 is 10.2 Å². The van der Waals surface area contributed by atoms with Crippen LogP contribution in [0, 0.1) is 6.92 Å². The van der Waals surface area contributed by atoms with E-state index < -0.39 is 5.97 Å². The first kappa shape index (κ1) is 18.7. The number of carboxylic acids is 1. The average Bonchev–Trinajstić information content (AvgIpc) is 2.82. The first-order chi connectivity index (χ1) is 11.9. The van der Waals surface area contributed by atoms with E-state index in [-0.39, 0.29) is 35.6 Å². The Balaban J connectivity index is 2.25. The van der Waals surface area contributed by atoms with Crippen molar-refractivity contribution in [1.82, 2.24) is 9.78 Å². The molecule has 25 heavy (non-hydrogen) atoms. The van der Waals surface area contributed by atoms with E-state index >= 15 is 0 Å². The molecule has 0 amide bonds. The lowest BCUT2D eigenvalue weighted by molar-refractivity contribution is -0.137. The van der Waals surface area contributed by atoms with Crippen LogP contribution >= 0.6 is 15.9 Å². The maximum absolute atomic E-state index is 12.3. The fraction of sp³-hybridized carbons (Fsp3) is 0.250. The maximum atomic E-state index is 12.3. The molecule has 2 aromatic rings. The quantitative estimate of drug-likeness (QED) is 0.602. The van der Waals surface area contributed by atoms with E-state index in [1.807, 2.05) is 0 Å². The van der Waals surface area contributed by atoms with E-state index in [0.717, 1.165) is 0 Å². The minimum atomic E-state index is -0.913. The third-order valence-electron chi connectivity index (χ3n) is 3.42. The maximum Gasteiger partial charge on any atom is 0.303 e. The Labute approximate surface area is 151 Å². The first-order valence-corrected chi connectivity index (χ1v) is 8.37. The molecule has 1 aromatic carbocycles. The van der Waals surface area contributed by atoms with Crippen LogP contribution in [0.4, 0.5) is 11.4 Å². The van der Waals surface area contributed by atoms with Crippen LogP contribution in [0.1, 0.15) is 24.1 Å². The Bertz CT molecular complexity index is 883. The number of aromatic hydroxyl groups is 1. The second-order valence-electron chi connectivity index (χ2n) is 5.25. The highest BCUT2D eigenvalue weighted by Gasteiger charge is 2.11. The van der Waals surface area contributed by atoms with E-state index in [9.17, 15) is 14.7 Å². The molecule has 2 rings (SSSR count). The second kappa shape index (κ2) is 8.43. The molecular weight excluding hydrogens is 392 g/mol. The predicted molar refractivity (Wildman–Crippen MR) is 96.9 cm³/mol. The average molecular weight is 409 g/mol. The molecule has 0 atom stereocenters. The molecule has 132 valence electrons. The van der Waals surface area contributed by atoms with Gasteiger partial charge in [0.15, 0.2) is 5.69 Å². The van der Waals surface area contributed by atoms with Gasteiger partial charge in [-0.3, -0.25) is 19.4 Å². The van der Waals surface area contributed by atoms with Crippen molar-refractivity contribution in [1.29, 1.82) is 0 Å². The first-order valence-electron chi connectivity index (χ1n) is 7.45. The number of nitrogens with zero attached hydrogens (tertiary/aromatic N) is 3. The van der Waals surface area contributed by atoms with Crippen molar-refractivity contribution in [2.45, 2.75) is 26.3 Å². The van der Waals surface area contributed by atoms with E-state index in [1.165, 1.54) is 4.68 Å². The second-order valence-corrected chi connectivity index (χ2v) is 5.78. The number of azo groups is 1. The Morgan fingerprint density at radius 3 is 2.84 bits per heavy atom. The molecule has 1 aromatic heterocycles. The number of para-hydroxylation sites is 1. The van der Waals surface area contributed by atoms with E-state index in [1.54, 1.807) is 36.2 Å². The molecule has 1 heterocycles. The van der Waals surface area contributed by atoms with Crippen molar-refractivity contribution in [3.05, 3.63) is 44.8 Å². The largest absolute Gasteiger partial charge is 0.505 e. The number of hydrogen-bond acceptors (Lipinski definition) is 5. The fourth-order valence-electron chi connectivity index (χ4n) is 2.19. The number of halogens is 1. The van der Waals surface area contributed by atoms with Crippen LogP contribution in [0.5, 0.6) is 5.75 Å². The molecule has 0 aliphatic rings. The minimum Gasteiger partial charge on any atom is -0.505 e. The molecule has 0 aliphatic heterocycles. The summed E-state index contributed by atoms with van der Waals surface area (Å²) in [6, 6.07) is 5.01. The summed E-state index contributed by atoms with van der Waals surface area (Å²) in [5.41, 5.74) is 1.05. The van der Waals surface area contributed by atoms with Gasteiger partial charge in [0.25, 0.3) is 5.56 Å². The number of carbonyl (C=O) groups is 1. The summed E-state index contributed by atoms with van der Waals surface area (Å²) in [4.78, 5) is 24.4. The van der Waals surface area contributed by atoms with Crippen LogP contribution < -0.4 is 5.56 Å². The van der Waals surface area contributed by atoms with Gasteiger partial charge in [0.1, 0.15) is 11.4 Å². The number of phenols is 1. The fourth-order valence-corrected chi connectivity index (χ4v) is 2.48. The zero-order valence-electron chi connectivity index (χ0n) is 13.4. The topological polar surface area (TPSA) is 120 Å². The lowest BCUT2D eigenvalue weighted by Gasteiger charge is -2.01. The molecule has 0 spiro atoms. The minimum absolute atomic E-state index is 0.0247. The van der Waals surface area contributed by atoms with Gasteiger partial charge >= 0.3 is 5.97 Å². The molecule has 0 radical (unpaired) electrons. The number of benzene rings is 1. The summed E-state index contributed by atoms with van der Waals surface area (Å²) in [5.74, 6) is -0.957. The van der Waals surface area contributed by atoms with Crippen molar-refractivity contribution >= 4 is 39.4 Å². The van der Waals surface area contributed by atoms with Gasteiger partial charge in [-0.25, -0.2) is 0 Å². The molecule has 0 aliphatic carbocycles. The zero-order valence-corrected chi connectivity index (χ0v) is 15.0. The van der Waals surface area contributed by atoms with Gasteiger partial charge in [0, 0.05) is 18.5 Å². The number of carboxylic acid groups (broad SMARTS) is 1. The van der Waals surface area contributed by atoms with Crippen LogP contribution in [-0.2, 0) is 11.3 Å². The number of aryl methyl sites for hydroxylation is 2. The highest BCUT2D eigenvalue weighted by atomic mass is 79.9. The monoisotopic (exact) mass is 408 g/mol. The van der Waals surface area contributed by atoms with Gasteiger partial charge in [-0.15, -0.1) is 10.2 Å². The van der Waals surface area contributed by atoms with E-state index in [0.29, 0.717) is 17.7 Å². The summed E-state index contributed by atoms with van der Waals surface area (Å²) in [7, 11) is 0. The third kappa shape index (κ3) is 4.66. The van der Waals surface area contributed by atoms with Gasteiger partial charge in [-0.05, 0) is 30.5 Å². The molecule has 9 heteroatoms. The van der Waals surface area contributed by atoms with Crippen molar-refractivity contribution in [3.63, 3.8) is 0 Å². The van der Waals surface area contributed by atoms with Crippen LogP contribution in [0.25, 0.3) is 6.08 Å². The number of rotatable bonds is 7. The van der Waals surface area contributed by atoms with E-state index in [4.69, 9.17) is 5.11 Å². The predicted octanol–water partition coefficient (Wildman–Crippen LogP) is 3.84. The smallest absolute Gasteiger partial charge is 0.303 e. The highest BCUT2D eigenvalue weighted by Crippen LogP contribution is 2.32. The van der Waals surface area contributed by atoms with Crippen LogP contribution in [0.15, 0.2) is 38.2 Å². The summed E-state index contributed by atoms with van der Waals surface area (Å²) in [5, 5.41) is 29.5. The van der Waals surface area contributed by atoms with Crippen LogP contribution in [0.3, 0.4) is 0 Å². The van der Waals surface area contributed by atoms with Gasteiger partial charge in [-0.1, -0.05) is 28.1 Å². The van der Waals surface area contributed by atoms with Crippen LogP contribution in [-0.4, -0.2) is 26.0 Å². The Kier molecular flexibility index (Phi) is 6.29. The zero-order chi connectivity index (χ0) is 18.4. The molecule has 0 unspecified atom stereocenters. The standard InChI is InChI=1S/C16H17BrN4O4/c1-10-14(16(25)21(20-10)9-3-6-13(22)23)19-18-12-5-2-4-11(7-8-17)15(12)24/h2,4-5,7-8,20,24H,3,6,9H2,1H3,(H,22,23)/b8-7-,19-18?. The molecule has 0 bridgehead atoms. The summed E-state index contributed by atoms with van der Waals surface area (Å²) < 4.78 is 1.30. The molecule has 0 fully saturated rings. The van der Waals surface area contributed by atoms with Crippen molar-refractivity contribution in [2.75, 3.05) is 0 Å². The van der Waals surface area contributed by atoms with Gasteiger partial charge in [0.05, 0.1) is 5.69 Å². The summed E-state index contributed by atoms with van der Waals surface area (Å²) in [6.07, 6.45) is 1.96. The molecule has 0 saturated carbocycles. The molecule has 3 N–H and O–H groups in total. The Hall–Kier alpha value is -2.68. The number of aromatic amines is 1. The number of aliphatic carboxylic acids is 1. The number of aromatic nitrogens is 2. The molecular formula is C16H17BrN4O4. The number of hydrogen-bond donors (Lipinski definition) is 3. The van der Waals surface area contributed by atoms with E-state index in [2.05, 4.69) is 31.3 Å². The normalized spacial score (nSPS) is 11.6. The van der Waals surface area contributed by atoms with Crippen LogP contribution in [0.2, 0.25) is 0 Å². The molecule has 0 saturated heterocycles. The number of nitrogens with one attached hydrogen (secondary N) is 1. The Morgan fingerprint density at radius 2 is 2.16 bits per heavy atom. The lowest BCUT2D eigenvalue weighted by Crippen LogP contribution is -2.17. The molecule has 8 nitrogen and oxygen atoms in total. The number of phenolic OH excluding ortho intramolecular Hbond substituents is 1. The summed E-state index contributed by atoms with van der Waals surface area (Å²) >= 11 is 3.14. The Morgan fingerprint density at radius 1 is 1.40 bits per heavy atom. The summed E-state index contributed by atoms with van der Waals surface area (Å²) in [6.45, 7) is 1.92. The third-order valence-corrected chi connectivity index (χ3v) is 3.69. The van der Waals surface area contributed by atoms with Crippen molar-refractivity contribution in [3.8, 4) is 5.75 Å².